The number of carbonyl (C=O) groups is 1. The first-order valence-electron chi connectivity index (χ1n) is 9.67. The van der Waals surface area contributed by atoms with Crippen molar-refractivity contribution < 1.29 is 9.18 Å². The smallest absolute Gasteiger partial charge is 0.275 e. The van der Waals surface area contributed by atoms with Crippen molar-refractivity contribution in [3.63, 3.8) is 0 Å². The molecule has 2 bridgehead atoms. The van der Waals surface area contributed by atoms with Crippen LogP contribution in [0.2, 0.25) is 0 Å². The van der Waals surface area contributed by atoms with E-state index in [1.54, 1.807) is 18.2 Å². The highest BCUT2D eigenvalue weighted by atomic mass is 19.1. The number of fused-ring (bicyclic) bond motifs is 3. The predicted octanol–water partition coefficient (Wildman–Crippen LogP) is 3.61. The molecule has 3 aromatic rings. The Morgan fingerprint density at radius 1 is 1.00 bits per heavy atom. The third-order valence-electron chi connectivity index (χ3n) is 6.21. The molecule has 3 heterocycles. The largest absolute Gasteiger partial charge is 0.331 e. The highest BCUT2D eigenvalue weighted by Gasteiger charge is 2.44. The van der Waals surface area contributed by atoms with Crippen LogP contribution in [0.5, 0.6) is 0 Å². The van der Waals surface area contributed by atoms with Crippen molar-refractivity contribution in [2.45, 2.75) is 43.7 Å². The maximum Gasteiger partial charge on any atom is 0.275 e. The van der Waals surface area contributed by atoms with Gasteiger partial charge in [-0.1, -0.05) is 30.3 Å². The zero-order valence-electron chi connectivity index (χ0n) is 15.3. The van der Waals surface area contributed by atoms with Crippen LogP contribution in [0.4, 0.5) is 4.39 Å². The third-order valence-corrected chi connectivity index (χ3v) is 6.21. The lowest BCUT2D eigenvalue weighted by molar-refractivity contribution is 0.0566. The number of amides is 1. The van der Waals surface area contributed by atoms with Gasteiger partial charge in [-0.05, 0) is 55.4 Å². The number of rotatable bonds is 2. The molecule has 2 fully saturated rings. The van der Waals surface area contributed by atoms with Crippen LogP contribution in [0.25, 0.3) is 10.8 Å². The Morgan fingerprint density at radius 3 is 2.32 bits per heavy atom. The normalized spacial score (nSPS) is 23.9. The second-order valence-corrected chi connectivity index (χ2v) is 7.76. The maximum absolute atomic E-state index is 13.4. The van der Waals surface area contributed by atoms with Gasteiger partial charge in [0.1, 0.15) is 5.82 Å². The van der Waals surface area contributed by atoms with Crippen LogP contribution < -0.4 is 5.56 Å². The van der Waals surface area contributed by atoms with Gasteiger partial charge in [0.25, 0.3) is 11.5 Å². The molecule has 28 heavy (non-hydrogen) atoms. The van der Waals surface area contributed by atoms with Gasteiger partial charge in [-0.2, -0.15) is 5.10 Å². The summed E-state index contributed by atoms with van der Waals surface area (Å²) in [4.78, 5) is 27.4. The molecule has 0 radical (unpaired) electrons. The topological polar surface area (TPSA) is 66.1 Å². The predicted molar refractivity (Wildman–Crippen MR) is 104 cm³/mol. The molecule has 2 aromatic carbocycles. The second-order valence-electron chi connectivity index (χ2n) is 7.76. The first-order chi connectivity index (χ1) is 13.6. The van der Waals surface area contributed by atoms with Crippen molar-refractivity contribution in [3.05, 3.63) is 76.0 Å². The monoisotopic (exact) mass is 377 g/mol. The second kappa shape index (κ2) is 6.55. The Labute approximate surface area is 161 Å². The van der Waals surface area contributed by atoms with Gasteiger partial charge in [0, 0.05) is 17.5 Å². The quantitative estimate of drug-likeness (QED) is 0.742. The number of aromatic nitrogens is 2. The zero-order valence-corrected chi connectivity index (χ0v) is 15.3. The number of aromatic amines is 1. The van der Waals surface area contributed by atoms with E-state index in [4.69, 9.17) is 0 Å². The Balaban J connectivity index is 1.46. The lowest BCUT2D eigenvalue weighted by atomic mass is 9.85. The van der Waals surface area contributed by atoms with Crippen molar-refractivity contribution in [1.29, 1.82) is 0 Å². The van der Waals surface area contributed by atoms with Crippen molar-refractivity contribution in [2.75, 3.05) is 0 Å². The summed E-state index contributed by atoms with van der Waals surface area (Å²) in [5.41, 5.74) is 1.16. The van der Waals surface area contributed by atoms with E-state index in [0.717, 1.165) is 31.2 Å². The van der Waals surface area contributed by atoms with Gasteiger partial charge < -0.3 is 4.90 Å². The third kappa shape index (κ3) is 2.71. The van der Waals surface area contributed by atoms with Crippen molar-refractivity contribution in [3.8, 4) is 0 Å². The van der Waals surface area contributed by atoms with E-state index in [1.165, 1.54) is 12.1 Å². The number of benzene rings is 2. The number of nitrogens with one attached hydrogen (secondary N) is 1. The molecule has 0 unspecified atom stereocenters. The highest BCUT2D eigenvalue weighted by Crippen LogP contribution is 2.43. The molecular formula is C22H20FN3O2. The number of carbonyl (C=O) groups excluding carboxylic acids is 1. The highest BCUT2D eigenvalue weighted by molar-refractivity contribution is 6.05. The minimum absolute atomic E-state index is 0.113. The molecule has 5 rings (SSSR count). The molecule has 1 amide bonds. The van der Waals surface area contributed by atoms with E-state index < -0.39 is 0 Å². The summed E-state index contributed by atoms with van der Waals surface area (Å²) >= 11 is 0. The molecule has 2 aliphatic heterocycles. The van der Waals surface area contributed by atoms with Gasteiger partial charge in [0.05, 0.1) is 5.39 Å². The average Bonchev–Trinajstić information content (AvgIpc) is 2.98. The van der Waals surface area contributed by atoms with E-state index in [2.05, 4.69) is 10.2 Å². The summed E-state index contributed by atoms with van der Waals surface area (Å²) < 4.78 is 13.2. The van der Waals surface area contributed by atoms with Crippen LogP contribution in [0.1, 0.15) is 47.7 Å². The molecule has 142 valence electrons. The molecule has 1 N–H and O–H groups in total. The number of halogens is 1. The van der Waals surface area contributed by atoms with Crippen LogP contribution in [-0.2, 0) is 0 Å². The molecule has 6 heteroatoms. The number of piperidine rings is 1. The van der Waals surface area contributed by atoms with Crippen molar-refractivity contribution >= 4 is 16.7 Å². The number of hydrogen-bond acceptors (Lipinski definition) is 3. The minimum Gasteiger partial charge on any atom is -0.331 e. The summed E-state index contributed by atoms with van der Waals surface area (Å²) in [6.45, 7) is 0. The fraction of sp³-hybridized carbons (Fsp3) is 0.318. The van der Waals surface area contributed by atoms with Crippen LogP contribution in [-0.4, -0.2) is 33.1 Å². The SMILES string of the molecule is O=C(c1n[nH]c(=O)c2ccccc12)N1[C@H]2CC[C@H]1CC(c1ccc(F)cc1)C2. The Kier molecular flexibility index (Phi) is 4.00. The number of nitrogens with zero attached hydrogens (tertiary/aromatic N) is 2. The van der Waals surface area contributed by atoms with E-state index in [1.807, 2.05) is 23.1 Å². The van der Waals surface area contributed by atoms with E-state index in [9.17, 15) is 14.0 Å². The van der Waals surface area contributed by atoms with E-state index in [0.29, 0.717) is 22.4 Å². The summed E-state index contributed by atoms with van der Waals surface area (Å²) in [6, 6.07) is 14.1. The molecule has 0 aliphatic carbocycles. The average molecular weight is 377 g/mol. The molecule has 2 saturated heterocycles. The van der Waals surface area contributed by atoms with Crippen LogP contribution in [0.3, 0.4) is 0 Å². The van der Waals surface area contributed by atoms with Crippen molar-refractivity contribution in [2.24, 2.45) is 0 Å². The van der Waals surface area contributed by atoms with Gasteiger partial charge in [-0.25, -0.2) is 9.49 Å². The van der Waals surface area contributed by atoms with E-state index >= 15 is 0 Å². The molecule has 0 saturated carbocycles. The molecular weight excluding hydrogens is 357 g/mol. The number of hydrogen-bond donors (Lipinski definition) is 1. The van der Waals surface area contributed by atoms with Crippen LogP contribution in [0, 0.1) is 5.82 Å². The fourth-order valence-corrected chi connectivity index (χ4v) is 4.92. The van der Waals surface area contributed by atoms with E-state index in [-0.39, 0.29) is 29.4 Å². The maximum atomic E-state index is 13.4. The molecule has 2 atom stereocenters. The first-order valence-corrected chi connectivity index (χ1v) is 9.67. The standard InChI is InChI=1S/C22H20FN3O2/c23-15-7-5-13(6-8-15)14-11-16-9-10-17(12-14)26(16)22(28)20-18-3-1-2-4-19(18)21(27)25-24-20/h1-8,14,16-17H,9-12H2,(H,25,27)/t16-,17-/m0/s1. The molecule has 1 aromatic heterocycles. The Hall–Kier alpha value is -3.02. The minimum atomic E-state index is -0.287. The zero-order chi connectivity index (χ0) is 19.3. The summed E-state index contributed by atoms with van der Waals surface area (Å²) in [5.74, 6) is -0.00435. The molecule has 2 aliphatic rings. The summed E-state index contributed by atoms with van der Waals surface area (Å²) in [5, 5.41) is 7.63. The summed E-state index contributed by atoms with van der Waals surface area (Å²) in [6.07, 6.45) is 3.68. The lowest BCUT2D eigenvalue weighted by Crippen LogP contribution is -2.46. The first kappa shape index (κ1) is 17.1. The van der Waals surface area contributed by atoms with Gasteiger partial charge in [-0.15, -0.1) is 0 Å². The van der Waals surface area contributed by atoms with Crippen LogP contribution >= 0.6 is 0 Å². The lowest BCUT2D eigenvalue weighted by Gasteiger charge is -2.39. The number of H-pyrrole nitrogens is 1. The van der Waals surface area contributed by atoms with Crippen molar-refractivity contribution in [1.82, 2.24) is 15.1 Å². The Bertz CT molecular complexity index is 1090. The van der Waals surface area contributed by atoms with Gasteiger partial charge in [0.2, 0.25) is 0 Å². The van der Waals surface area contributed by atoms with Gasteiger partial charge >= 0.3 is 0 Å². The Morgan fingerprint density at radius 2 is 1.64 bits per heavy atom. The molecule has 5 nitrogen and oxygen atoms in total. The fourth-order valence-electron chi connectivity index (χ4n) is 4.92. The summed E-state index contributed by atoms with van der Waals surface area (Å²) in [7, 11) is 0. The van der Waals surface area contributed by atoms with Gasteiger partial charge in [0.15, 0.2) is 5.69 Å². The molecule has 0 spiro atoms. The van der Waals surface area contributed by atoms with Gasteiger partial charge in [-0.3, -0.25) is 9.59 Å². The van der Waals surface area contributed by atoms with Crippen LogP contribution in [0.15, 0.2) is 53.3 Å².